The predicted octanol–water partition coefficient (Wildman–Crippen LogP) is 2.87. The average Bonchev–Trinajstić information content (AvgIpc) is 2.56. The van der Waals surface area contributed by atoms with E-state index in [1.54, 1.807) is 13.1 Å². The molecule has 3 rings (SSSR count). The van der Waals surface area contributed by atoms with Crippen molar-refractivity contribution in [3.63, 3.8) is 0 Å². The molecule has 0 aliphatic rings. The van der Waals surface area contributed by atoms with E-state index in [1.165, 1.54) is 4.68 Å². The van der Waals surface area contributed by atoms with Crippen LogP contribution in [0.25, 0.3) is 10.8 Å². The topological polar surface area (TPSA) is 76.0 Å². The first-order valence-electron chi connectivity index (χ1n) is 8.02. The van der Waals surface area contributed by atoms with Gasteiger partial charge in [-0.05, 0) is 43.2 Å². The minimum absolute atomic E-state index is 0.154. The average molecular weight is 336 g/mol. The Morgan fingerprint density at radius 1 is 1.08 bits per heavy atom. The van der Waals surface area contributed by atoms with E-state index in [1.807, 2.05) is 50.2 Å². The maximum absolute atomic E-state index is 12.2. The fourth-order valence-electron chi connectivity index (χ4n) is 2.89. The second-order valence-corrected chi connectivity index (χ2v) is 6.11. The number of aryl methyl sites for hydroxylation is 3. The molecule has 0 saturated carbocycles. The van der Waals surface area contributed by atoms with E-state index in [9.17, 15) is 9.59 Å². The molecule has 1 heterocycles. The summed E-state index contributed by atoms with van der Waals surface area (Å²) in [5, 5.41) is 11.2. The standard InChI is InChI=1S/C19H20N4O2/c1-12-8-13(2)10-14(9-12)21-19(25)20-11-17-15-6-4-5-7-16(15)18(24)23(3)22-17/h4-10H,11H2,1-3H3,(H2,20,21,25). The fourth-order valence-corrected chi connectivity index (χ4v) is 2.89. The molecule has 6 heteroatoms. The largest absolute Gasteiger partial charge is 0.332 e. The molecule has 25 heavy (non-hydrogen) atoms. The third-order valence-corrected chi connectivity index (χ3v) is 3.93. The van der Waals surface area contributed by atoms with Gasteiger partial charge in [0.05, 0.1) is 17.6 Å². The van der Waals surface area contributed by atoms with Gasteiger partial charge in [-0.1, -0.05) is 24.3 Å². The maximum atomic E-state index is 12.2. The molecule has 2 amide bonds. The highest BCUT2D eigenvalue weighted by molar-refractivity contribution is 5.90. The minimum atomic E-state index is -0.315. The monoisotopic (exact) mass is 336 g/mol. The Morgan fingerprint density at radius 3 is 2.40 bits per heavy atom. The van der Waals surface area contributed by atoms with Crippen molar-refractivity contribution in [2.45, 2.75) is 20.4 Å². The summed E-state index contributed by atoms with van der Waals surface area (Å²) in [7, 11) is 1.61. The van der Waals surface area contributed by atoms with Gasteiger partial charge in [0.25, 0.3) is 5.56 Å². The van der Waals surface area contributed by atoms with Crippen molar-refractivity contribution in [2.75, 3.05) is 5.32 Å². The Morgan fingerprint density at radius 2 is 1.72 bits per heavy atom. The zero-order valence-electron chi connectivity index (χ0n) is 14.5. The van der Waals surface area contributed by atoms with Gasteiger partial charge in [-0.25, -0.2) is 9.48 Å². The Bertz CT molecular complexity index is 988. The number of hydrogen-bond acceptors (Lipinski definition) is 3. The molecule has 0 saturated heterocycles. The summed E-state index contributed by atoms with van der Waals surface area (Å²) in [4.78, 5) is 24.3. The number of anilines is 1. The molecule has 128 valence electrons. The number of amides is 2. The Kier molecular flexibility index (Phi) is 4.52. The number of rotatable bonds is 3. The van der Waals surface area contributed by atoms with E-state index in [0.717, 1.165) is 22.2 Å². The first kappa shape index (κ1) is 16.7. The Hall–Kier alpha value is -3.15. The van der Waals surface area contributed by atoms with Crippen LogP contribution in [0.2, 0.25) is 0 Å². The Balaban J connectivity index is 1.77. The molecule has 0 atom stereocenters. The number of carbonyl (C=O) groups excluding carboxylic acids is 1. The summed E-state index contributed by atoms with van der Waals surface area (Å²) in [6.45, 7) is 4.19. The van der Waals surface area contributed by atoms with Crippen molar-refractivity contribution < 1.29 is 4.79 Å². The molecule has 2 N–H and O–H groups in total. The second kappa shape index (κ2) is 6.76. The van der Waals surface area contributed by atoms with Gasteiger partial charge in [-0.3, -0.25) is 4.79 Å². The van der Waals surface area contributed by atoms with Crippen molar-refractivity contribution in [3.8, 4) is 0 Å². The zero-order valence-corrected chi connectivity index (χ0v) is 14.5. The molecule has 1 aromatic heterocycles. The van der Waals surface area contributed by atoms with Crippen LogP contribution in [0.5, 0.6) is 0 Å². The summed E-state index contributed by atoms with van der Waals surface area (Å²) >= 11 is 0. The van der Waals surface area contributed by atoms with Gasteiger partial charge in [0.15, 0.2) is 0 Å². The van der Waals surface area contributed by atoms with E-state index >= 15 is 0 Å². The normalized spacial score (nSPS) is 10.7. The molecule has 3 aromatic rings. The van der Waals surface area contributed by atoms with Gasteiger partial charge in [-0.2, -0.15) is 5.10 Å². The molecule has 0 unspecified atom stereocenters. The first-order valence-corrected chi connectivity index (χ1v) is 8.02. The zero-order chi connectivity index (χ0) is 18.0. The summed E-state index contributed by atoms with van der Waals surface area (Å²) in [5.74, 6) is 0. The SMILES string of the molecule is Cc1cc(C)cc(NC(=O)NCc2nn(C)c(=O)c3ccccc23)c1. The van der Waals surface area contributed by atoms with Gasteiger partial charge < -0.3 is 10.6 Å². The fraction of sp³-hybridized carbons (Fsp3) is 0.211. The van der Waals surface area contributed by atoms with Crippen molar-refractivity contribution in [1.82, 2.24) is 15.1 Å². The highest BCUT2D eigenvalue weighted by atomic mass is 16.2. The molecule has 6 nitrogen and oxygen atoms in total. The van der Waals surface area contributed by atoms with Crippen molar-refractivity contribution in [2.24, 2.45) is 7.05 Å². The van der Waals surface area contributed by atoms with E-state index < -0.39 is 0 Å². The van der Waals surface area contributed by atoms with Gasteiger partial charge >= 0.3 is 6.03 Å². The van der Waals surface area contributed by atoms with Gasteiger partial charge in [-0.15, -0.1) is 0 Å². The van der Waals surface area contributed by atoms with Crippen molar-refractivity contribution in [3.05, 3.63) is 69.6 Å². The lowest BCUT2D eigenvalue weighted by atomic mass is 10.1. The van der Waals surface area contributed by atoms with E-state index in [2.05, 4.69) is 15.7 Å². The molecule has 0 aliphatic carbocycles. The number of aromatic nitrogens is 2. The third-order valence-electron chi connectivity index (χ3n) is 3.93. The molecule has 0 spiro atoms. The summed E-state index contributed by atoms with van der Waals surface area (Å²) in [6.07, 6.45) is 0. The van der Waals surface area contributed by atoms with Crippen LogP contribution >= 0.6 is 0 Å². The van der Waals surface area contributed by atoms with Crippen LogP contribution in [0.1, 0.15) is 16.8 Å². The number of urea groups is 1. The van der Waals surface area contributed by atoms with Crippen molar-refractivity contribution in [1.29, 1.82) is 0 Å². The molecule has 0 radical (unpaired) electrons. The highest BCUT2D eigenvalue weighted by Gasteiger charge is 2.10. The molecule has 0 aliphatic heterocycles. The number of carbonyl (C=O) groups is 1. The predicted molar refractivity (Wildman–Crippen MR) is 98.8 cm³/mol. The second-order valence-electron chi connectivity index (χ2n) is 6.11. The summed E-state index contributed by atoms with van der Waals surface area (Å²) in [5.41, 5.74) is 3.41. The first-order chi connectivity index (χ1) is 11.9. The number of benzene rings is 2. The summed E-state index contributed by atoms with van der Waals surface area (Å²) < 4.78 is 1.29. The van der Waals surface area contributed by atoms with E-state index in [0.29, 0.717) is 11.1 Å². The van der Waals surface area contributed by atoms with Crippen LogP contribution in [0, 0.1) is 13.8 Å². The van der Waals surface area contributed by atoms with Crippen LogP contribution in [0.4, 0.5) is 10.5 Å². The number of fused-ring (bicyclic) bond motifs is 1. The lowest BCUT2D eigenvalue weighted by molar-refractivity contribution is 0.251. The van der Waals surface area contributed by atoms with Crippen LogP contribution in [0.3, 0.4) is 0 Å². The Labute approximate surface area is 145 Å². The minimum Gasteiger partial charge on any atom is -0.332 e. The lowest BCUT2D eigenvalue weighted by Crippen LogP contribution is -2.30. The third kappa shape index (κ3) is 3.68. The van der Waals surface area contributed by atoms with E-state index in [-0.39, 0.29) is 18.1 Å². The quantitative estimate of drug-likeness (QED) is 0.772. The van der Waals surface area contributed by atoms with Crippen LogP contribution in [0.15, 0.2) is 47.3 Å². The maximum Gasteiger partial charge on any atom is 0.319 e. The van der Waals surface area contributed by atoms with Gasteiger partial charge in [0.1, 0.15) is 0 Å². The highest BCUT2D eigenvalue weighted by Crippen LogP contribution is 2.14. The van der Waals surface area contributed by atoms with Gasteiger partial charge in [0.2, 0.25) is 0 Å². The van der Waals surface area contributed by atoms with E-state index in [4.69, 9.17) is 0 Å². The summed E-state index contributed by atoms with van der Waals surface area (Å²) in [6, 6.07) is 12.8. The lowest BCUT2D eigenvalue weighted by Gasteiger charge is -2.11. The van der Waals surface area contributed by atoms with Crippen LogP contribution in [-0.2, 0) is 13.6 Å². The molecule has 0 fully saturated rings. The molecule has 2 aromatic carbocycles. The molecular formula is C19H20N4O2. The van der Waals surface area contributed by atoms with Gasteiger partial charge in [0, 0.05) is 18.1 Å². The van der Waals surface area contributed by atoms with Crippen LogP contribution in [-0.4, -0.2) is 15.8 Å². The number of hydrogen-bond donors (Lipinski definition) is 2. The number of nitrogens with one attached hydrogen (secondary N) is 2. The van der Waals surface area contributed by atoms with Crippen molar-refractivity contribution >= 4 is 22.5 Å². The number of nitrogens with zero attached hydrogens (tertiary/aromatic N) is 2. The molecular weight excluding hydrogens is 316 g/mol. The van der Waals surface area contributed by atoms with Crippen LogP contribution < -0.4 is 16.2 Å². The smallest absolute Gasteiger partial charge is 0.319 e. The molecule has 0 bridgehead atoms.